The summed E-state index contributed by atoms with van der Waals surface area (Å²) in [6.45, 7) is 0. The summed E-state index contributed by atoms with van der Waals surface area (Å²) in [5.41, 5.74) is 0. The van der Waals surface area contributed by atoms with Gasteiger partial charge in [-0.05, 0) is 19.3 Å². The van der Waals surface area contributed by atoms with Crippen LogP contribution in [0.25, 0.3) is 0 Å². The number of rotatable bonds is 0. The van der Waals surface area contributed by atoms with E-state index in [9.17, 15) is 4.39 Å². The summed E-state index contributed by atoms with van der Waals surface area (Å²) in [6, 6.07) is 0. The Morgan fingerprint density at radius 3 is 2.56 bits per heavy atom. The summed E-state index contributed by atoms with van der Waals surface area (Å²) in [5.74, 6) is 0. The van der Waals surface area contributed by atoms with Crippen LogP contribution < -0.4 is 0 Å². The summed E-state index contributed by atoms with van der Waals surface area (Å²) in [7, 11) is 0. The zero-order chi connectivity index (χ0) is 6.85. The first-order valence-electron chi connectivity index (χ1n) is 3.16. The van der Waals surface area contributed by atoms with Crippen molar-refractivity contribution in [2.75, 3.05) is 0 Å². The Kier molecular flexibility index (Phi) is 2.47. The number of alkyl halides is 2. The first kappa shape index (κ1) is 7.48. The van der Waals surface area contributed by atoms with Crippen molar-refractivity contribution in [3.05, 3.63) is 0 Å². The van der Waals surface area contributed by atoms with E-state index >= 15 is 0 Å². The van der Waals surface area contributed by atoms with Crippen LogP contribution >= 0.6 is 15.9 Å². The molecule has 0 spiro atoms. The summed E-state index contributed by atoms with van der Waals surface area (Å²) in [4.78, 5) is 0.274. The van der Waals surface area contributed by atoms with E-state index < -0.39 is 12.3 Å². The molecule has 0 radical (unpaired) electrons. The molecule has 1 saturated carbocycles. The van der Waals surface area contributed by atoms with Crippen molar-refractivity contribution in [2.24, 2.45) is 0 Å². The molecule has 3 heteroatoms. The van der Waals surface area contributed by atoms with Gasteiger partial charge in [0, 0.05) is 4.83 Å². The van der Waals surface area contributed by atoms with Crippen LogP contribution in [-0.4, -0.2) is 22.2 Å². The Hall–Kier alpha value is 0.370. The largest absolute Gasteiger partial charge is 0.390 e. The minimum atomic E-state index is -1.01. The lowest BCUT2D eigenvalue weighted by Crippen LogP contribution is -2.30. The molecule has 1 N–H and O–H groups in total. The van der Waals surface area contributed by atoms with Gasteiger partial charge in [-0.15, -0.1) is 0 Å². The molecule has 1 rings (SSSR count). The highest BCUT2D eigenvalue weighted by Crippen LogP contribution is 2.26. The van der Waals surface area contributed by atoms with Gasteiger partial charge in [0.25, 0.3) is 0 Å². The minimum Gasteiger partial charge on any atom is -0.390 e. The fourth-order valence-corrected chi connectivity index (χ4v) is 1.67. The van der Waals surface area contributed by atoms with Crippen LogP contribution in [0.5, 0.6) is 0 Å². The smallest absolute Gasteiger partial charge is 0.127 e. The molecule has 0 saturated heterocycles. The SMILES string of the molecule is OC1CCC(Br)CC1F. The number of aliphatic hydroxyl groups excluding tert-OH is 1. The summed E-state index contributed by atoms with van der Waals surface area (Å²) in [6.07, 6.45) is 0.224. The van der Waals surface area contributed by atoms with Crippen molar-refractivity contribution < 1.29 is 9.50 Å². The predicted molar refractivity (Wildman–Crippen MR) is 37.5 cm³/mol. The number of aliphatic hydroxyl groups is 1. The van der Waals surface area contributed by atoms with E-state index in [1.54, 1.807) is 0 Å². The third kappa shape index (κ3) is 1.90. The minimum absolute atomic E-state index is 0.274. The average Bonchev–Trinajstić information content (AvgIpc) is 1.80. The molecule has 0 aromatic carbocycles. The Labute approximate surface area is 62.4 Å². The van der Waals surface area contributed by atoms with E-state index in [0.29, 0.717) is 12.8 Å². The molecule has 1 fully saturated rings. The van der Waals surface area contributed by atoms with Gasteiger partial charge in [-0.25, -0.2) is 4.39 Å². The van der Waals surface area contributed by atoms with Crippen molar-refractivity contribution in [3.63, 3.8) is 0 Å². The number of halogens is 2. The van der Waals surface area contributed by atoms with E-state index in [0.717, 1.165) is 6.42 Å². The molecule has 1 aliphatic rings. The molecule has 3 atom stereocenters. The van der Waals surface area contributed by atoms with Gasteiger partial charge in [0.2, 0.25) is 0 Å². The van der Waals surface area contributed by atoms with E-state index in [4.69, 9.17) is 5.11 Å². The van der Waals surface area contributed by atoms with Crippen LogP contribution in [0.15, 0.2) is 0 Å². The highest BCUT2D eigenvalue weighted by Gasteiger charge is 2.27. The third-order valence-corrected chi connectivity index (χ3v) is 2.51. The van der Waals surface area contributed by atoms with Crippen molar-refractivity contribution in [1.29, 1.82) is 0 Å². The Balaban J connectivity index is 2.35. The molecule has 9 heavy (non-hydrogen) atoms. The number of hydrogen-bond acceptors (Lipinski definition) is 1. The molecule has 1 nitrogen and oxygen atoms in total. The standard InChI is InChI=1S/C6H10BrFO/c7-4-1-2-6(9)5(8)3-4/h4-6,9H,1-3H2. The van der Waals surface area contributed by atoms with Crippen LogP contribution in [0.4, 0.5) is 4.39 Å². The molecule has 0 aromatic rings. The maximum Gasteiger partial charge on any atom is 0.127 e. The van der Waals surface area contributed by atoms with Gasteiger partial charge in [0.05, 0.1) is 6.10 Å². The van der Waals surface area contributed by atoms with Crippen LogP contribution in [0.3, 0.4) is 0 Å². The first-order chi connectivity index (χ1) is 4.20. The van der Waals surface area contributed by atoms with Gasteiger partial charge < -0.3 is 5.11 Å². The molecule has 3 unspecified atom stereocenters. The first-order valence-corrected chi connectivity index (χ1v) is 4.08. The van der Waals surface area contributed by atoms with E-state index in [2.05, 4.69) is 15.9 Å². The summed E-state index contributed by atoms with van der Waals surface area (Å²) >= 11 is 3.30. The van der Waals surface area contributed by atoms with Crippen LogP contribution in [-0.2, 0) is 0 Å². The molecule has 0 heterocycles. The molecule has 0 aliphatic heterocycles. The maximum absolute atomic E-state index is 12.5. The van der Waals surface area contributed by atoms with E-state index in [1.165, 1.54) is 0 Å². The second-order valence-electron chi connectivity index (χ2n) is 2.49. The normalized spacial score (nSPS) is 45.0. The second kappa shape index (κ2) is 2.97. The fourth-order valence-electron chi connectivity index (χ4n) is 1.05. The van der Waals surface area contributed by atoms with Crippen LogP contribution in [0, 0.1) is 0 Å². The monoisotopic (exact) mass is 196 g/mol. The fraction of sp³-hybridized carbons (Fsp3) is 1.00. The molecular formula is C6H10BrFO. The topological polar surface area (TPSA) is 20.2 Å². The Bertz CT molecular complexity index is 99.1. The molecule has 54 valence electrons. The molecule has 0 aromatic heterocycles. The Morgan fingerprint density at radius 1 is 1.44 bits per heavy atom. The third-order valence-electron chi connectivity index (χ3n) is 1.67. The van der Waals surface area contributed by atoms with Crippen LogP contribution in [0.1, 0.15) is 19.3 Å². The van der Waals surface area contributed by atoms with Gasteiger partial charge in [0.1, 0.15) is 6.17 Å². The predicted octanol–water partition coefficient (Wildman–Crippen LogP) is 1.63. The van der Waals surface area contributed by atoms with Gasteiger partial charge in [-0.3, -0.25) is 0 Å². The number of hydrogen-bond donors (Lipinski definition) is 1. The van der Waals surface area contributed by atoms with Crippen LogP contribution in [0.2, 0.25) is 0 Å². The lowest BCUT2D eigenvalue weighted by Gasteiger charge is -2.24. The molecule has 1 aliphatic carbocycles. The maximum atomic E-state index is 12.5. The molecule has 0 amide bonds. The highest BCUT2D eigenvalue weighted by molar-refractivity contribution is 9.09. The van der Waals surface area contributed by atoms with Crippen molar-refractivity contribution in [1.82, 2.24) is 0 Å². The van der Waals surface area contributed by atoms with E-state index in [-0.39, 0.29) is 4.83 Å². The summed E-state index contributed by atoms with van der Waals surface area (Å²) < 4.78 is 12.5. The lowest BCUT2D eigenvalue weighted by molar-refractivity contribution is 0.0469. The van der Waals surface area contributed by atoms with Gasteiger partial charge >= 0.3 is 0 Å². The highest BCUT2D eigenvalue weighted by atomic mass is 79.9. The average molecular weight is 197 g/mol. The van der Waals surface area contributed by atoms with Gasteiger partial charge in [0.15, 0.2) is 0 Å². The van der Waals surface area contributed by atoms with E-state index in [1.807, 2.05) is 0 Å². The zero-order valence-electron chi connectivity index (χ0n) is 5.06. The second-order valence-corrected chi connectivity index (χ2v) is 3.79. The summed E-state index contributed by atoms with van der Waals surface area (Å²) in [5, 5.41) is 8.90. The molecular weight excluding hydrogens is 187 g/mol. The molecule has 0 bridgehead atoms. The van der Waals surface area contributed by atoms with Crippen molar-refractivity contribution in [2.45, 2.75) is 36.4 Å². The van der Waals surface area contributed by atoms with Gasteiger partial charge in [-0.2, -0.15) is 0 Å². The lowest BCUT2D eigenvalue weighted by atomic mass is 9.96. The van der Waals surface area contributed by atoms with Crippen molar-refractivity contribution >= 4 is 15.9 Å². The van der Waals surface area contributed by atoms with Crippen molar-refractivity contribution in [3.8, 4) is 0 Å². The zero-order valence-corrected chi connectivity index (χ0v) is 6.64. The van der Waals surface area contributed by atoms with Gasteiger partial charge in [-0.1, -0.05) is 15.9 Å². The quantitative estimate of drug-likeness (QED) is 0.585. The Morgan fingerprint density at radius 2 is 2.11 bits per heavy atom.